The number of hydrogen-bond donors (Lipinski definition) is 1. The molecule has 1 unspecified atom stereocenters. The van der Waals surface area contributed by atoms with Crippen LogP contribution in [0.1, 0.15) is 18.2 Å². The van der Waals surface area contributed by atoms with Crippen LogP contribution in [-0.2, 0) is 21.2 Å². The van der Waals surface area contributed by atoms with Gasteiger partial charge in [0, 0.05) is 17.7 Å². The first-order valence-electron chi connectivity index (χ1n) is 6.19. The normalized spacial score (nSPS) is 13.2. The lowest BCUT2D eigenvalue weighted by Gasteiger charge is -2.23. The molecule has 0 radical (unpaired) electrons. The van der Waals surface area contributed by atoms with Crippen LogP contribution in [0.3, 0.4) is 0 Å². The van der Waals surface area contributed by atoms with Crippen LogP contribution in [0.5, 0.6) is 0 Å². The van der Waals surface area contributed by atoms with Gasteiger partial charge in [0.1, 0.15) is 9.84 Å². The minimum Gasteiger partial charge on any atom is -0.336 e. The van der Waals surface area contributed by atoms with Gasteiger partial charge in [0.15, 0.2) is 0 Å². The summed E-state index contributed by atoms with van der Waals surface area (Å²) in [6.07, 6.45) is 1.27. The number of carbonyl (C=O) groups is 1. The van der Waals surface area contributed by atoms with Crippen LogP contribution in [0.4, 0.5) is 0 Å². The van der Waals surface area contributed by atoms with Gasteiger partial charge in [-0.3, -0.25) is 4.79 Å². The third-order valence-corrected chi connectivity index (χ3v) is 4.98. The van der Waals surface area contributed by atoms with E-state index in [1.807, 2.05) is 13.0 Å². The number of carbonyl (C=O) groups excluding carboxylic acids is 1. The summed E-state index contributed by atoms with van der Waals surface area (Å²) in [4.78, 5) is 14.8. The molecule has 0 saturated carbocycles. The summed E-state index contributed by atoms with van der Waals surface area (Å²) < 4.78 is 22.9. The molecule has 0 saturated heterocycles. The third-order valence-electron chi connectivity index (χ3n) is 2.79. The summed E-state index contributed by atoms with van der Waals surface area (Å²) in [5, 5.41) is 0. The van der Waals surface area contributed by atoms with Crippen LogP contribution in [-0.4, -0.2) is 43.8 Å². The van der Waals surface area contributed by atoms with Gasteiger partial charge in [-0.05, 0) is 25.5 Å². The Morgan fingerprint density at radius 3 is 2.60 bits per heavy atom. The Labute approximate surface area is 128 Å². The van der Waals surface area contributed by atoms with E-state index in [2.05, 4.69) is 0 Å². The van der Waals surface area contributed by atoms with Gasteiger partial charge in [0.05, 0.1) is 22.7 Å². The lowest BCUT2D eigenvalue weighted by molar-refractivity contribution is -0.133. The lowest BCUT2D eigenvalue weighted by Crippen LogP contribution is -2.44. The molecule has 0 aliphatic rings. The molecule has 0 aliphatic carbocycles. The first-order valence-corrected chi connectivity index (χ1v) is 9.44. The average Bonchev–Trinajstić information content (AvgIpc) is 2.77. The predicted molar refractivity (Wildman–Crippen MR) is 82.7 cm³/mol. The van der Waals surface area contributed by atoms with Crippen molar-refractivity contribution in [2.24, 2.45) is 5.73 Å². The second-order valence-corrected chi connectivity index (χ2v) is 8.64. The molecule has 1 atom stereocenters. The smallest absolute Gasteiger partial charge is 0.239 e. The monoisotopic (exact) mass is 338 g/mol. The number of sulfone groups is 1. The first kappa shape index (κ1) is 17.4. The van der Waals surface area contributed by atoms with Crippen molar-refractivity contribution >= 4 is 38.7 Å². The van der Waals surface area contributed by atoms with Gasteiger partial charge in [-0.25, -0.2) is 8.42 Å². The molecule has 1 aromatic heterocycles. The van der Waals surface area contributed by atoms with Gasteiger partial charge >= 0.3 is 0 Å². The van der Waals surface area contributed by atoms with E-state index in [4.69, 9.17) is 17.3 Å². The summed E-state index contributed by atoms with van der Waals surface area (Å²) in [5.41, 5.74) is 5.78. The van der Waals surface area contributed by atoms with E-state index < -0.39 is 15.9 Å². The van der Waals surface area contributed by atoms with Crippen molar-refractivity contribution in [1.82, 2.24) is 4.90 Å². The summed E-state index contributed by atoms with van der Waals surface area (Å²) in [6.45, 7) is 2.82. The van der Waals surface area contributed by atoms with Crippen molar-refractivity contribution in [3.05, 3.63) is 21.3 Å². The Morgan fingerprint density at radius 2 is 2.15 bits per heavy atom. The van der Waals surface area contributed by atoms with Crippen molar-refractivity contribution in [3.8, 4) is 0 Å². The Bertz CT molecular complexity index is 557. The summed E-state index contributed by atoms with van der Waals surface area (Å²) >= 11 is 7.27. The molecule has 0 spiro atoms. The van der Waals surface area contributed by atoms with Crippen LogP contribution in [0, 0.1) is 0 Å². The standard InChI is InChI=1S/C12H19ClN2O3S2/c1-3-15(8-9-4-5-11(13)19-9)12(16)10(14)6-7-20(2,17)18/h4-5,10H,3,6-8,14H2,1-2H3. The zero-order chi connectivity index (χ0) is 15.3. The maximum Gasteiger partial charge on any atom is 0.239 e. The van der Waals surface area contributed by atoms with Crippen molar-refractivity contribution in [1.29, 1.82) is 0 Å². The Kier molecular flexibility index (Phi) is 6.44. The highest BCUT2D eigenvalue weighted by atomic mass is 35.5. The van der Waals surface area contributed by atoms with E-state index in [0.29, 0.717) is 17.4 Å². The molecule has 1 aromatic rings. The van der Waals surface area contributed by atoms with E-state index in [0.717, 1.165) is 11.1 Å². The van der Waals surface area contributed by atoms with Crippen LogP contribution < -0.4 is 5.73 Å². The number of amides is 1. The third kappa shape index (κ3) is 5.78. The molecule has 114 valence electrons. The zero-order valence-electron chi connectivity index (χ0n) is 11.5. The number of thiophene rings is 1. The Morgan fingerprint density at radius 1 is 1.50 bits per heavy atom. The van der Waals surface area contributed by atoms with E-state index >= 15 is 0 Å². The van der Waals surface area contributed by atoms with Crippen molar-refractivity contribution in [2.45, 2.75) is 25.9 Å². The molecular weight excluding hydrogens is 320 g/mol. The van der Waals surface area contributed by atoms with Crippen molar-refractivity contribution in [2.75, 3.05) is 18.6 Å². The van der Waals surface area contributed by atoms with Gasteiger partial charge in [0.25, 0.3) is 0 Å². The number of likely N-dealkylation sites (N-methyl/N-ethyl adjacent to an activating group) is 1. The Balaban J connectivity index is 2.62. The maximum atomic E-state index is 12.2. The minimum absolute atomic E-state index is 0.0811. The SMILES string of the molecule is CCN(Cc1ccc(Cl)s1)C(=O)C(N)CCS(C)(=O)=O. The second-order valence-electron chi connectivity index (χ2n) is 4.58. The molecule has 1 heterocycles. The summed E-state index contributed by atoms with van der Waals surface area (Å²) in [6, 6.07) is 2.86. The molecule has 5 nitrogen and oxygen atoms in total. The first-order chi connectivity index (χ1) is 9.23. The van der Waals surface area contributed by atoms with Gasteiger partial charge in [-0.2, -0.15) is 0 Å². The van der Waals surface area contributed by atoms with Crippen LogP contribution in [0.25, 0.3) is 0 Å². The van der Waals surface area contributed by atoms with Crippen molar-refractivity contribution < 1.29 is 13.2 Å². The lowest BCUT2D eigenvalue weighted by atomic mass is 10.2. The molecule has 1 rings (SSSR count). The van der Waals surface area contributed by atoms with E-state index in [9.17, 15) is 13.2 Å². The molecule has 2 N–H and O–H groups in total. The van der Waals surface area contributed by atoms with Gasteiger partial charge < -0.3 is 10.6 Å². The molecule has 20 heavy (non-hydrogen) atoms. The minimum atomic E-state index is -3.11. The zero-order valence-corrected chi connectivity index (χ0v) is 13.9. The van der Waals surface area contributed by atoms with Crippen LogP contribution in [0.15, 0.2) is 12.1 Å². The molecule has 0 aliphatic heterocycles. The highest BCUT2D eigenvalue weighted by Crippen LogP contribution is 2.22. The molecule has 0 aromatic carbocycles. The molecule has 0 fully saturated rings. The fraction of sp³-hybridized carbons (Fsp3) is 0.583. The maximum absolute atomic E-state index is 12.2. The summed E-state index contributed by atoms with van der Waals surface area (Å²) in [7, 11) is -3.11. The summed E-state index contributed by atoms with van der Waals surface area (Å²) in [5.74, 6) is -0.317. The highest BCUT2D eigenvalue weighted by Gasteiger charge is 2.21. The second kappa shape index (κ2) is 7.40. The predicted octanol–water partition coefficient (Wildman–Crippen LogP) is 1.51. The number of nitrogens with two attached hydrogens (primary N) is 1. The molecule has 8 heteroatoms. The van der Waals surface area contributed by atoms with E-state index in [1.54, 1.807) is 11.0 Å². The topological polar surface area (TPSA) is 80.5 Å². The number of rotatable bonds is 7. The molecular formula is C12H19ClN2O3S2. The van der Waals surface area contributed by atoms with E-state index in [1.165, 1.54) is 11.3 Å². The van der Waals surface area contributed by atoms with Crippen LogP contribution in [0.2, 0.25) is 4.34 Å². The molecule has 0 bridgehead atoms. The average molecular weight is 339 g/mol. The number of halogens is 1. The molecule has 1 amide bonds. The van der Waals surface area contributed by atoms with Crippen molar-refractivity contribution in [3.63, 3.8) is 0 Å². The van der Waals surface area contributed by atoms with Gasteiger partial charge in [-0.1, -0.05) is 11.6 Å². The largest absolute Gasteiger partial charge is 0.336 e. The number of hydrogen-bond acceptors (Lipinski definition) is 5. The fourth-order valence-corrected chi connectivity index (χ4v) is 3.45. The number of nitrogens with zero attached hydrogens (tertiary/aromatic N) is 1. The van der Waals surface area contributed by atoms with Gasteiger partial charge in [-0.15, -0.1) is 11.3 Å². The van der Waals surface area contributed by atoms with Crippen LogP contribution >= 0.6 is 22.9 Å². The quantitative estimate of drug-likeness (QED) is 0.817. The van der Waals surface area contributed by atoms with Gasteiger partial charge in [0.2, 0.25) is 5.91 Å². The highest BCUT2D eigenvalue weighted by molar-refractivity contribution is 7.90. The van der Waals surface area contributed by atoms with E-state index in [-0.39, 0.29) is 18.1 Å². The fourth-order valence-electron chi connectivity index (χ4n) is 1.67. The Hall–Kier alpha value is -0.630.